The molecule has 0 aliphatic carbocycles. The molecule has 10 heavy (non-hydrogen) atoms. The summed E-state index contributed by atoms with van der Waals surface area (Å²) in [5.41, 5.74) is 0.931. The van der Waals surface area contributed by atoms with E-state index in [0.717, 1.165) is 11.5 Å². The van der Waals surface area contributed by atoms with Gasteiger partial charge in [-0.3, -0.25) is 0 Å². The van der Waals surface area contributed by atoms with Crippen LogP contribution < -0.4 is 0 Å². The van der Waals surface area contributed by atoms with Crippen LogP contribution in [0.25, 0.3) is 0 Å². The zero-order valence-electron chi connectivity index (χ0n) is 6.26. The molecule has 1 atom stereocenters. The summed E-state index contributed by atoms with van der Waals surface area (Å²) in [6.07, 6.45) is 1.83. The van der Waals surface area contributed by atoms with E-state index in [0.29, 0.717) is 0 Å². The number of H-pyrrole nitrogens is 1. The lowest BCUT2D eigenvalue weighted by molar-refractivity contribution is 0.271. The van der Waals surface area contributed by atoms with Gasteiger partial charge in [0.2, 0.25) is 0 Å². The van der Waals surface area contributed by atoms with Crippen LogP contribution in [0.3, 0.4) is 0 Å². The molecule has 3 nitrogen and oxygen atoms in total. The monoisotopic (exact) mass is 140 g/mol. The van der Waals surface area contributed by atoms with Crippen molar-refractivity contribution < 1.29 is 5.11 Å². The molecule has 0 aliphatic rings. The number of rotatable bonds is 2. The van der Waals surface area contributed by atoms with E-state index in [1.54, 1.807) is 0 Å². The second-order valence-corrected chi connectivity index (χ2v) is 2.49. The third-order valence-corrected chi connectivity index (χ3v) is 1.50. The largest absolute Gasteiger partial charge is 0.396 e. The standard InChI is InChI=1S/C7H12N2O/c1-5(4-10)7-3-8-6(2)9-7/h3,5,10H,4H2,1-2H3,(H,8,9)/t5-/m0/s1. The first kappa shape index (κ1) is 7.28. The topological polar surface area (TPSA) is 48.9 Å². The van der Waals surface area contributed by atoms with Crippen molar-refractivity contribution in [1.82, 2.24) is 9.97 Å². The van der Waals surface area contributed by atoms with E-state index in [-0.39, 0.29) is 12.5 Å². The van der Waals surface area contributed by atoms with Crippen LogP contribution in [0, 0.1) is 6.92 Å². The van der Waals surface area contributed by atoms with Crippen molar-refractivity contribution in [3.63, 3.8) is 0 Å². The lowest BCUT2D eigenvalue weighted by Gasteiger charge is -2.00. The number of aromatic nitrogens is 2. The van der Waals surface area contributed by atoms with Gasteiger partial charge >= 0.3 is 0 Å². The fourth-order valence-electron chi connectivity index (χ4n) is 0.783. The summed E-state index contributed by atoms with van der Waals surface area (Å²) >= 11 is 0. The molecule has 0 aliphatic heterocycles. The fourth-order valence-corrected chi connectivity index (χ4v) is 0.783. The SMILES string of the molecule is Cc1nc([C@@H](C)CO)c[nH]1. The maximum Gasteiger partial charge on any atom is 0.103 e. The fraction of sp³-hybridized carbons (Fsp3) is 0.571. The lowest BCUT2D eigenvalue weighted by Crippen LogP contribution is -1.98. The molecule has 0 saturated carbocycles. The quantitative estimate of drug-likeness (QED) is 0.638. The molecule has 2 N–H and O–H groups in total. The summed E-state index contributed by atoms with van der Waals surface area (Å²) in [5.74, 6) is 1.04. The van der Waals surface area contributed by atoms with Crippen molar-refractivity contribution in [2.24, 2.45) is 0 Å². The van der Waals surface area contributed by atoms with Crippen LogP contribution in [0.4, 0.5) is 0 Å². The third kappa shape index (κ3) is 1.36. The van der Waals surface area contributed by atoms with Gasteiger partial charge < -0.3 is 10.1 Å². The van der Waals surface area contributed by atoms with E-state index < -0.39 is 0 Å². The molecule has 0 fully saturated rings. The normalized spacial score (nSPS) is 13.5. The molecule has 0 amide bonds. The first-order valence-corrected chi connectivity index (χ1v) is 3.37. The van der Waals surface area contributed by atoms with Crippen LogP contribution in [0.15, 0.2) is 6.20 Å². The number of aromatic amines is 1. The molecule has 1 aromatic heterocycles. The van der Waals surface area contributed by atoms with Crippen LogP contribution in [-0.4, -0.2) is 21.7 Å². The van der Waals surface area contributed by atoms with Crippen molar-refractivity contribution in [2.45, 2.75) is 19.8 Å². The number of hydrogen-bond donors (Lipinski definition) is 2. The Bertz CT molecular complexity index is 207. The molecule has 3 heteroatoms. The Morgan fingerprint density at radius 3 is 2.90 bits per heavy atom. The summed E-state index contributed by atoms with van der Waals surface area (Å²) in [5, 5.41) is 8.74. The predicted octanol–water partition coefficient (Wildman–Crippen LogP) is 0.814. The van der Waals surface area contributed by atoms with Gasteiger partial charge in [-0.2, -0.15) is 0 Å². The maximum absolute atomic E-state index is 8.74. The highest BCUT2D eigenvalue weighted by Gasteiger charge is 2.05. The van der Waals surface area contributed by atoms with E-state index in [9.17, 15) is 0 Å². The summed E-state index contributed by atoms with van der Waals surface area (Å²) in [6.45, 7) is 3.99. The number of imidazole rings is 1. The number of aliphatic hydroxyl groups is 1. The molecule has 0 unspecified atom stereocenters. The summed E-state index contributed by atoms with van der Waals surface area (Å²) < 4.78 is 0. The summed E-state index contributed by atoms with van der Waals surface area (Å²) in [7, 11) is 0. The molecule has 0 saturated heterocycles. The minimum absolute atomic E-state index is 0.143. The predicted molar refractivity (Wildman–Crippen MR) is 38.8 cm³/mol. The molecule has 1 heterocycles. The highest BCUT2D eigenvalue weighted by molar-refractivity contribution is 5.05. The lowest BCUT2D eigenvalue weighted by atomic mass is 10.1. The zero-order valence-corrected chi connectivity index (χ0v) is 6.26. The van der Waals surface area contributed by atoms with Crippen molar-refractivity contribution >= 4 is 0 Å². The van der Waals surface area contributed by atoms with Crippen LogP contribution in [0.5, 0.6) is 0 Å². The van der Waals surface area contributed by atoms with Gasteiger partial charge in [-0.1, -0.05) is 6.92 Å². The van der Waals surface area contributed by atoms with Crippen molar-refractivity contribution in [3.05, 3.63) is 17.7 Å². The van der Waals surface area contributed by atoms with E-state index in [1.807, 2.05) is 20.0 Å². The van der Waals surface area contributed by atoms with Crippen LogP contribution in [0.2, 0.25) is 0 Å². The van der Waals surface area contributed by atoms with Gasteiger partial charge in [-0.25, -0.2) is 4.98 Å². The van der Waals surface area contributed by atoms with E-state index >= 15 is 0 Å². The van der Waals surface area contributed by atoms with Gasteiger partial charge in [-0.05, 0) is 6.92 Å². The maximum atomic E-state index is 8.74. The summed E-state index contributed by atoms with van der Waals surface area (Å²) in [4.78, 5) is 7.13. The molecule has 1 rings (SSSR count). The number of hydrogen-bond acceptors (Lipinski definition) is 2. The molecule has 0 aromatic carbocycles. The van der Waals surface area contributed by atoms with Crippen LogP contribution in [0.1, 0.15) is 24.4 Å². The van der Waals surface area contributed by atoms with Crippen molar-refractivity contribution in [3.8, 4) is 0 Å². The second kappa shape index (κ2) is 2.84. The van der Waals surface area contributed by atoms with Crippen LogP contribution in [-0.2, 0) is 0 Å². The first-order chi connectivity index (χ1) is 4.74. The van der Waals surface area contributed by atoms with Gasteiger partial charge in [-0.15, -0.1) is 0 Å². The van der Waals surface area contributed by atoms with Gasteiger partial charge in [0.15, 0.2) is 0 Å². The van der Waals surface area contributed by atoms with Gasteiger partial charge in [0.1, 0.15) is 5.82 Å². The summed E-state index contributed by atoms with van der Waals surface area (Å²) in [6, 6.07) is 0. The van der Waals surface area contributed by atoms with Crippen molar-refractivity contribution in [1.29, 1.82) is 0 Å². The average Bonchev–Trinajstić information content (AvgIpc) is 2.34. The molecule has 1 aromatic rings. The van der Waals surface area contributed by atoms with E-state index in [2.05, 4.69) is 9.97 Å². The number of nitrogens with one attached hydrogen (secondary N) is 1. The molecular formula is C7H12N2O. The zero-order chi connectivity index (χ0) is 7.56. The Labute approximate surface area is 60.1 Å². The highest BCUT2D eigenvalue weighted by Crippen LogP contribution is 2.10. The Hall–Kier alpha value is -0.830. The first-order valence-electron chi connectivity index (χ1n) is 3.37. The molecule has 0 radical (unpaired) electrons. The number of nitrogens with zero attached hydrogens (tertiary/aromatic N) is 1. The Morgan fingerprint density at radius 2 is 2.50 bits per heavy atom. The molecule has 0 bridgehead atoms. The third-order valence-electron chi connectivity index (χ3n) is 1.50. The smallest absolute Gasteiger partial charge is 0.103 e. The van der Waals surface area contributed by atoms with Crippen LogP contribution >= 0.6 is 0 Å². The highest BCUT2D eigenvalue weighted by atomic mass is 16.3. The molecule has 0 spiro atoms. The minimum atomic E-state index is 0.143. The van der Waals surface area contributed by atoms with Gasteiger partial charge in [0.05, 0.1) is 12.3 Å². The van der Waals surface area contributed by atoms with E-state index in [1.165, 1.54) is 0 Å². The molecule has 56 valence electrons. The Balaban J connectivity index is 2.74. The van der Waals surface area contributed by atoms with Crippen molar-refractivity contribution in [2.75, 3.05) is 6.61 Å². The second-order valence-electron chi connectivity index (χ2n) is 2.49. The minimum Gasteiger partial charge on any atom is -0.396 e. The number of aryl methyl sites for hydroxylation is 1. The molecular weight excluding hydrogens is 128 g/mol. The van der Waals surface area contributed by atoms with E-state index in [4.69, 9.17) is 5.11 Å². The Morgan fingerprint density at radius 1 is 1.80 bits per heavy atom. The Kier molecular flexibility index (Phi) is 2.06. The van der Waals surface area contributed by atoms with Gasteiger partial charge in [0, 0.05) is 12.1 Å². The van der Waals surface area contributed by atoms with Gasteiger partial charge in [0.25, 0.3) is 0 Å². The average molecular weight is 140 g/mol. The number of aliphatic hydroxyl groups excluding tert-OH is 1.